The largest absolute Gasteiger partial charge is 0.497 e. The maximum Gasteiger partial charge on any atom is 0.121 e. The molecule has 0 aliphatic carbocycles. The van der Waals surface area contributed by atoms with Crippen LogP contribution in [-0.2, 0) is 0 Å². The van der Waals surface area contributed by atoms with Crippen LogP contribution in [0.2, 0.25) is 0 Å². The van der Waals surface area contributed by atoms with Crippen LogP contribution in [-0.4, -0.2) is 38.5 Å². The summed E-state index contributed by atoms with van der Waals surface area (Å²) in [5, 5.41) is 8.28. The van der Waals surface area contributed by atoms with Crippen molar-refractivity contribution in [1.82, 2.24) is 4.90 Å². The van der Waals surface area contributed by atoms with Gasteiger partial charge in [0.2, 0.25) is 0 Å². The van der Waals surface area contributed by atoms with Crippen LogP contribution in [0.15, 0.2) is 52.3 Å². The van der Waals surface area contributed by atoms with Gasteiger partial charge in [-0.25, -0.2) is 0 Å². The Bertz CT molecular complexity index is 760. The van der Waals surface area contributed by atoms with Gasteiger partial charge in [-0.1, -0.05) is 30.8 Å². The number of fused-ring (bicyclic) bond motifs is 2. The molecule has 0 radical (unpaired) electrons. The second-order valence-corrected chi connectivity index (χ2v) is 7.28. The molecule has 1 heterocycles. The first-order chi connectivity index (χ1) is 11.5. The highest BCUT2D eigenvalue weighted by Crippen LogP contribution is 2.49. The molecular formula is C19H23N3OS. The van der Waals surface area contributed by atoms with E-state index >= 15 is 0 Å². The van der Waals surface area contributed by atoms with Crippen molar-refractivity contribution >= 4 is 29.0 Å². The van der Waals surface area contributed by atoms with Gasteiger partial charge in [0.25, 0.3) is 0 Å². The highest BCUT2D eigenvalue weighted by atomic mass is 32.2. The summed E-state index contributed by atoms with van der Waals surface area (Å²) in [5.74, 6) is 1.61. The molecule has 1 aliphatic rings. The van der Waals surface area contributed by atoms with E-state index < -0.39 is 0 Å². The molecule has 2 aromatic rings. The normalized spacial score (nSPS) is 13.8. The van der Waals surface area contributed by atoms with Gasteiger partial charge in [-0.3, -0.25) is 5.41 Å². The van der Waals surface area contributed by atoms with E-state index in [-0.39, 0.29) is 5.92 Å². The summed E-state index contributed by atoms with van der Waals surface area (Å²) in [6.07, 6.45) is 0. The maximum absolute atomic E-state index is 8.28. The van der Waals surface area contributed by atoms with Gasteiger partial charge in [0.15, 0.2) is 0 Å². The minimum Gasteiger partial charge on any atom is -0.497 e. The number of anilines is 2. The Kier molecular flexibility index (Phi) is 4.71. The zero-order chi connectivity index (χ0) is 17.3. The summed E-state index contributed by atoms with van der Waals surface area (Å²) in [4.78, 5) is 6.66. The highest BCUT2D eigenvalue weighted by molar-refractivity contribution is 7.99. The van der Waals surface area contributed by atoms with E-state index in [0.29, 0.717) is 5.84 Å². The maximum atomic E-state index is 8.28. The average Bonchev–Trinajstić information content (AvgIpc) is 2.60. The first-order valence-corrected chi connectivity index (χ1v) is 8.81. The van der Waals surface area contributed by atoms with Crippen LogP contribution in [0.3, 0.4) is 0 Å². The summed E-state index contributed by atoms with van der Waals surface area (Å²) < 4.78 is 5.42. The highest BCUT2D eigenvalue weighted by Gasteiger charge is 2.26. The minimum absolute atomic E-state index is 0.121. The zero-order valence-corrected chi connectivity index (χ0v) is 15.4. The van der Waals surface area contributed by atoms with E-state index in [1.54, 1.807) is 18.9 Å². The molecule has 4 nitrogen and oxygen atoms in total. The number of amidine groups is 1. The van der Waals surface area contributed by atoms with Gasteiger partial charge in [-0.05, 0) is 24.3 Å². The van der Waals surface area contributed by atoms with Crippen LogP contribution >= 0.6 is 11.8 Å². The number of benzene rings is 2. The number of nitrogens with one attached hydrogen (secondary N) is 1. The Labute approximate surface area is 147 Å². The second kappa shape index (κ2) is 6.77. The first-order valence-electron chi connectivity index (χ1n) is 7.99. The lowest BCUT2D eigenvalue weighted by Gasteiger charge is -2.35. The smallest absolute Gasteiger partial charge is 0.121 e. The zero-order valence-electron chi connectivity index (χ0n) is 14.5. The van der Waals surface area contributed by atoms with E-state index in [1.807, 2.05) is 25.1 Å². The lowest BCUT2D eigenvalue weighted by atomic mass is 10.1. The Balaban J connectivity index is 2.02. The van der Waals surface area contributed by atoms with E-state index in [2.05, 4.69) is 48.2 Å². The molecule has 0 amide bonds. The van der Waals surface area contributed by atoms with E-state index in [1.165, 1.54) is 15.5 Å². The first kappa shape index (κ1) is 16.7. The fraction of sp³-hybridized carbons (Fsp3) is 0.316. The molecule has 126 valence electrons. The molecule has 0 bridgehead atoms. The predicted molar refractivity (Wildman–Crippen MR) is 101 cm³/mol. The lowest BCUT2D eigenvalue weighted by Crippen LogP contribution is -2.35. The molecule has 2 aromatic carbocycles. The Morgan fingerprint density at radius 2 is 1.88 bits per heavy atom. The standard InChI is InChI=1S/C19H23N3OS/c1-13(19(20)21(2)3)12-22-15-7-5-6-8-17(15)24-18-10-9-14(23-4)11-16(18)22/h5-11,13,20H,12H2,1-4H3/t13-/m1/s1. The fourth-order valence-corrected chi connectivity index (χ4v) is 4.01. The third kappa shape index (κ3) is 3.08. The number of methoxy groups -OCH3 is 1. The molecule has 3 rings (SSSR count). The van der Waals surface area contributed by atoms with E-state index in [0.717, 1.165) is 18.0 Å². The molecular weight excluding hydrogens is 318 g/mol. The van der Waals surface area contributed by atoms with Gasteiger partial charge in [0.1, 0.15) is 5.75 Å². The number of hydrogen-bond donors (Lipinski definition) is 1. The molecule has 0 spiro atoms. The summed E-state index contributed by atoms with van der Waals surface area (Å²) in [5.41, 5.74) is 2.35. The summed E-state index contributed by atoms with van der Waals surface area (Å²) in [6, 6.07) is 14.7. The number of nitrogens with zero attached hydrogens (tertiary/aromatic N) is 2. The van der Waals surface area contributed by atoms with Crippen LogP contribution in [0.4, 0.5) is 11.4 Å². The summed E-state index contributed by atoms with van der Waals surface area (Å²) in [7, 11) is 5.55. The minimum atomic E-state index is 0.121. The number of rotatable bonds is 4. The number of hydrogen-bond acceptors (Lipinski definition) is 4. The van der Waals surface area contributed by atoms with Crippen molar-refractivity contribution in [3.05, 3.63) is 42.5 Å². The van der Waals surface area contributed by atoms with Crippen LogP contribution in [0.5, 0.6) is 5.75 Å². The fourth-order valence-electron chi connectivity index (χ4n) is 2.93. The topological polar surface area (TPSA) is 39.6 Å². The van der Waals surface area contributed by atoms with Crippen molar-refractivity contribution in [1.29, 1.82) is 5.41 Å². The van der Waals surface area contributed by atoms with Crippen LogP contribution in [0.25, 0.3) is 0 Å². The lowest BCUT2D eigenvalue weighted by molar-refractivity contribution is 0.414. The quantitative estimate of drug-likeness (QED) is 0.658. The van der Waals surface area contributed by atoms with Crippen molar-refractivity contribution in [2.24, 2.45) is 5.92 Å². The van der Waals surface area contributed by atoms with Gasteiger partial charge in [0, 0.05) is 42.4 Å². The van der Waals surface area contributed by atoms with Gasteiger partial charge in [-0.15, -0.1) is 0 Å². The van der Waals surface area contributed by atoms with Gasteiger partial charge >= 0.3 is 0 Å². The SMILES string of the molecule is COc1ccc2c(c1)N(C[C@@H](C)C(=N)N(C)C)c1ccccc1S2. The monoisotopic (exact) mass is 341 g/mol. The Morgan fingerprint density at radius 1 is 1.17 bits per heavy atom. The van der Waals surface area contributed by atoms with Crippen LogP contribution in [0.1, 0.15) is 6.92 Å². The molecule has 1 atom stereocenters. The van der Waals surface area contributed by atoms with Gasteiger partial charge in [-0.2, -0.15) is 0 Å². The number of ether oxygens (including phenoxy) is 1. The van der Waals surface area contributed by atoms with Crippen LogP contribution in [0, 0.1) is 11.3 Å². The van der Waals surface area contributed by atoms with Crippen molar-refractivity contribution in [2.45, 2.75) is 16.7 Å². The summed E-state index contributed by atoms with van der Waals surface area (Å²) in [6.45, 7) is 2.86. The average molecular weight is 341 g/mol. The molecule has 5 heteroatoms. The van der Waals surface area contributed by atoms with E-state index in [4.69, 9.17) is 10.1 Å². The van der Waals surface area contributed by atoms with Gasteiger partial charge in [0.05, 0.1) is 24.3 Å². The molecule has 0 aromatic heterocycles. The molecule has 0 unspecified atom stereocenters. The second-order valence-electron chi connectivity index (χ2n) is 6.19. The molecule has 0 saturated carbocycles. The van der Waals surface area contributed by atoms with Crippen LogP contribution < -0.4 is 9.64 Å². The molecule has 0 saturated heterocycles. The Morgan fingerprint density at radius 3 is 2.58 bits per heavy atom. The predicted octanol–water partition coefficient (Wildman–Crippen LogP) is 4.47. The number of para-hydroxylation sites is 1. The molecule has 1 N–H and O–H groups in total. The summed E-state index contributed by atoms with van der Waals surface area (Å²) >= 11 is 1.79. The van der Waals surface area contributed by atoms with Crippen molar-refractivity contribution in [3.63, 3.8) is 0 Å². The van der Waals surface area contributed by atoms with Crippen molar-refractivity contribution in [3.8, 4) is 5.75 Å². The molecule has 1 aliphatic heterocycles. The third-order valence-electron chi connectivity index (χ3n) is 4.24. The van der Waals surface area contributed by atoms with E-state index in [9.17, 15) is 0 Å². The Hall–Kier alpha value is -2.14. The molecule has 24 heavy (non-hydrogen) atoms. The van der Waals surface area contributed by atoms with Gasteiger partial charge < -0.3 is 14.5 Å². The van der Waals surface area contributed by atoms with Crippen molar-refractivity contribution < 1.29 is 4.74 Å². The molecule has 0 fully saturated rings. The van der Waals surface area contributed by atoms with Crippen molar-refractivity contribution in [2.75, 3.05) is 32.6 Å². The third-order valence-corrected chi connectivity index (χ3v) is 5.37.